The molecule has 6 heteroatoms. The Morgan fingerprint density at radius 1 is 0.786 bits per heavy atom. The number of benzene rings is 3. The molecular weight excluding hydrogens is 358 g/mol. The molecule has 0 saturated heterocycles. The molecule has 0 unspecified atom stereocenters. The van der Waals surface area contributed by atoms with Crippen LogP contribution >= 0.6 is 0 Å². The fourth-order valence-corrected chi connectivity index (χ4v) is 3.19. The summed E-state index contributed by atoms with van der Waals surface area (Å²) in [6.07, 6.45) is 0. The highest BCUT2D eigenvalue weighted by atomic mass is 16.3. The lowest BCUT2D eigenvalue weighted by atomic mass is 10.0. The second kappa shape index (κ2) is 6.66. The summed E-state index contributed by atoms with van der Waals surface area (Å²) in [6, 6.07) is 18.0. The highest BCUT2D eigenvalue weighted by Crippen LogP contribution is 2.37. The Hall–Kier alpha value is -3.93. The fraction of sp³-hybridized carbons (Fsp3) is 0.0455. The number of carbonyl (C=O) groups is 3. The summed E-state index contributed by atoms with van der Waals surface area (Å²) >= 11 is 0. The number of phenolic OH excluding ortho intramolecular Hbond substituents is 2. The molecule has 0 atom stereocenters. The van der Waals surface area contributed by atoms with Crippen LogP contribution in [0.4, 0.5) is 0 Å². The second-order valence-corrected chi connectivity index (χ2v) is 6.44. The monoisotopic (exact) mass is 373 g/mol. The van der Waals surface area contributed by atoms with Gasteiger partial charge < -0.3 is 10.2 Å². The molecule has 0 spiro atoms. The molecule has 1 aliphatic rings. The van der Waals surface area contributed by atoms with Gasteiger partial charge in [0.05, 0.1) is 17.7 Å². The van der Waals surface area contributed by atoms with Crippen molar-refractivity contribution in [3.63, 3.8) is 0 Å². The SMILES string of the molecule is O=C(c1ccccc1)c1ccc(CN2C(=O)c3ccc(O)c(O)c3C2=O)cc1. The molecule has 1 heterocycles. The number of phenols is 2. The molecule has 0 aromatic heterocycles. The summed E-state index contributed by atoms with van der Waals surface area (Å²) in [5.41, 5.74) is 1.59. The lowest BCUT2D eigenvalue weighted by Gasteiger charge is -2.14. The van der Waals surface area contributed by atoms with Gasteiger partial charge in [0, 0.05) is 11.1 Å². The number of imide groups is 1. The van der Waals surface area contributed by atoms with Crippen molar-refractivity contribution >= 4 is 17.6 Å². The van der Waals surface area contributed by atoms with E-state index in [2.05, 4.69) is 0 Å². The van der Waals surface area contributed by atoms with Gasteiger partial charge in [-0.15, -0.1) is 0 Å². The Balaban J connectivity index is 1.56. The van der Waals surface area contributed by atoms with Crippen LogP contribution in [-0.2, 0) is 6.54 Å². The third-order valence-corrected chi connectivity index (χ3v) is 4.68. The molecule has 4 rings (SSSR count). The molecule has 0 saturated carbocycles. The topological polar surface area (TPSA) is 94.9 Å². The van der Waals surface area contributed by atoms with Gasteiger partial charge in [-0.25, -0.2) is 0 Å². The van der Waals surface area contributed by atoms with E-state index in [-0.39, 0.29) is 23.5 Å². The standard InChI is InChI=1S/C22H15NO5/c24-17-11-10-16-18(20(17)26)22(28)23(21(16)27)12-13-6-8-15(9-7-13)19(25)14-4-2-1-3-5-14/h1-11,24,26H,12H2. The van der Waals surface area contributed by atoms with Crippen LogP contribution in [-0.4, -0.2) is 32.7 Å². The Morgan fingerprint density at radius 3 is 2.11 bits per heavy atom. The van der Waals surface area contributed by atoms with Crippen molar-refractivity contribution in [3.8, 4) is 11.5 Å². The van der Waals surface area contributed by atoms with E-state index in [0.29, 0.717) is 16.7 Å². The maximum Gasteiger partial charge on any atom is 0.265 e. The van der Waals surface area contributed by atoms with Crippen LogP contribution in [0.25, 0.3) is 0 Å². The van der Waals surface area contributed by atoms with Crippen molar-refractivity contribution in [2.45, 2.75) is 6.54 Å². The van der Waals surface area contributed by atoms with Gasteiger partial charge in [0.2, 0.25) is 0 Å². The first-order valence-corrected chi connectivity index (χ1v) is 8.57. The van der Waals surface area contributed by atoms with Gasteiger partial charge in [0.15, 0.2) is 17.3 Å². The third-order valence-electron chi connectivity index (χ3n) is 4.68. The first-order valence-electron chi connectivity index (χ1n) is 8.57. The Labute approximate surface area is 160 Å². The minimum atomic E-state index is -0.669. The summed E-state index contributed by atoms with van der Waals surface area (Å²) < 4.78 is 0. The molecule has 138 valence electrons. The lowest BCUT2D eigenvalue weighted by molar-refractivity contribution is 0.0641. The summed E-state index contributed by atoms with van der Waals surface area (Å²) in [5.74, 6) is -2.38. The molecule has 2 amide bonds. The smallest absolute Gasteiger partial charge is 0.265 e. The Bertz CT molecular complexity index is 1100. The van der Waals surface area contributed by atoms with Crippen molar-refractivity contribution in [2.75, 3.05) is 0 Å². The second-order valence-electron chi connectivity index (χ2n) is 6.44. The van der Waals surface area contributed by atoms with Crippen LogP contribution in [0.1, 0.15) is 42.2 Å². The summed E-state index contributed by atoms with van der Waals surface area (Å²) in [5, 5.41) is 19.5. The zero-order chi connectivity index (χ0) is 19.8. The molecule has 28 heavy (non-hydrogen) atoms. The van der Waals surface area contributed by atoms with Crippen molar-refractivity contribution in [3.05, 3.63) is 94.5 Å². The van der Waals surface area contributed by atoms with Gasteiger partial charge >= 0.3 is 0 Å². The zero-order valence-electron chi connectivity index (χ0n) is 14.6. The number of hydrogen-bond donors (Lipinski definition) is 2. The average molecular weight is 373 g/mol. The van der Waals surface area contributed by atoms with Gasteiger partial charge in [0.25, 0.3) is 11.8 Å². The van der Waals surface area contributed by atoms with Gasteiger partial charge in [0.1, 0.15) is 0 Å². The van der Waals surface area contributed by atoms with Gasteiger partial charge in [-0.3, -0.25) is 19.3 Å². The number of rotatable bonds is 4. The molecule has 6 nitrogen and oxygen atoms in total. The van der Waals surface area contributed by atoms with E-state index < -0.39 is 23.3 Å². The van der Waals surface area contributed by atoms with Crippen LogP contribution in [0.2, 0.25) is 0 Å². The molecule has 1 aliphatic heterocycles. The highest BCUT2D eigenvalue weighted by molar-refractivity contribution is 6.22. The molecule has 2 N–H and O–H groups in total. The molecule has 0 aliphatic carbocycles. The van der Waals surface area contributed by atoms with Crippen LogP contribution in [0, 0.1) is 0 Å². The highest BCUT2D eigenvalue weighted by Gasteiger charge is 2.38. The molecular formula is C22H15NO5. The average Bonchev–Trinajstić information content (AvgIpc) is 2.96. The maximum absolute atomic E-state index is 12.5. The summed E-state index contributed by atoms with van der Waals surface area (Å²) in [7, 11) is 0. The van der Waals surface area contributed by atoms with Crippen molar-refractivity contribution in [1.29, 1.82) is 0 Å². The van der Waals surface area contributed by atoms with Gasteiger partial charge in [-0.2, -0.15) is 0 Å². The number of carbonyl (C=O) groups excluding carboxylic acids is 3. The number of hydrogen-bond acceptors (Lipinski definition) is 5. The maximum atomic E-state index is 12.5. The number of amides is 2. The van der Waals surface area contributed by atoms with Crippen LogP contribution in [0.15, 0.2) is 66.7 Å². The summed E-state index contributed by atoms with van der Waals surface area (Å²) in [6.45, 7) is -0.00758. The zero-order valence-corrected chi connectivity index (χ0v) is 14.6. The molecule has 3 aromatic rings. The molecule has 3 aromatic carbocycles. The van der Waals surface area contributed by atoms with E-state index in [0.717, 1.165) is 4.90 Å². The number of ketones is 1. The first kappa shape index (κ1) is 17.5. The number of aromatic hydroxyl groups is 2. The van der Waals surface area contributed by atoms with Crippen molar-refractivity contribution in [1.82, 2.24) is 4.90 Å². The van der Waals surface area contributed by atoms with Crippen molar-refractivity contribution in [2.24, 2.45) is 0 Å². The summed E-state index contributed by atoms with van der Waals surface area (Å²) in [4.78, 5) is 38.5. The van der Waals surface area contributed by atoms with E-state index in [4.69, 9.17) is 0 Å². The predicted molar refractivity (Wildman–Crippen MR) is 100 cm³/mol. The first-order chi connectivity index (χ1) is 13.5. The minimum absolute atomic E-state index is 0.00758. The molecule has 0 bridgehead atoms. The van der Waals surface area contributed by atoms with E-state index >= 15 is 0 Å². The Morgan fingerprint density at radius 2 is 1.43 bits per heavy atom. The van der Waals surface area contributed by atoms with E-state index in [9.17, 15) is 24.6 Å². The number of fused-ring (bicyclic) bond motifs is 1. The van der Waals surface area contributed by atoms with Crippen molar-refractivity contribution < 1.29 is 24.6 Å². The third kappa shape index (κ3) is 2.81. The lowest BCUT2D eigenvalue weighted by Crippen LogP contribution is -2.29. The van der Waals surface area contributed by atoms with Gasteiger partial charge in [-0.1, -0.05) is 54.6 Å². The largest absolute Gasteiger partial charge is 0.504 e. The quantitative estimate of drug-likeness (QED) is 0.416. The van der Waals surface area contributed by atoms with E-state index in [1.807, 2.05) is 6.07 Å². The Kier molecular flexibility index (Phi) is 4.16. The van der Waals surface area contributed by atoms with Crippen LogP contribution < -0.4 is 0 Å². The fourth-order valence-electron chi connectivity index (χ4n) is 3.19. The van der Waals surface area contributed by atoms with Crippen LogP contribution in [0.3, 0.4) is 0 Å². The van der Waals surface area contributed by atoms with Crippen LogP contribution in [0.5, 0.6) is 11.5 Å². The normalized spacial score (nSPS) is 12.9. The van der Waals surface area contributed by atoms with E-state index in [1.54, 1.807) is 48.5 Å². The molecule has 0 fully saturated rings. The predicted octanol–water partition coefficient (Wildman–Crippen LogP) is 3.13. The number of nitrogens with zero attached hydrogens (tertiary/aromatic N) is 1. The van der Waals surface area contributed by atoms with E-state index in [1.165, 1.54) is 12.1 Å². The van der Waals surface area contributed by atoms with Gasteiger partial charge in [-0.05, 0) is 17.7 Å². The minimum Gasteiger partial charge on any atom is -0.504 e. The molecule has 0 radical (unpaired) electrons.